The van der Waals surface area contributed by atoms with Crippen molar-refractivity contribution in [1.82, 2.24) is 4.90 Å². The molecule has 7 heteroatoms. The average molecular weight is 348 g/mol. The molecule has 1 N–H and O–H groups in total. The van der Waals surface area contributed by atoms with Crippen LogP contribution in [0.15, 0.2) is 24.3 Å². The molecule has 1 aromatic rings. The number of hydrogen-bond acceptors (Lipinski definition) is 5. The van der Waals surface area contributed by atoms with Gasteiger partial charge in [0, 0.05) is 31.6 Å². The molecule has 2 rings (SSSR count). The van der Waals surface area contributed by atoms with Gasteiger partial charge in [0.1, 0.15) is 0 Å². The quantitative estimate of drug-likeness (QED) is 0.793. The fourth-order valence-electron chi connectivity index (χ4n) is 2.39. The fraction of sp³-hybridized carbons (Fsp3) is 0.500. The van der Waals surface area contributed by atoms with Gasteiger partial charge in [-0.15, -0.1) is 0 Å². The van der Waals surface area contributed by atoms with Crippen LogP contribution in [0, 0.1) is 0 Å². The van der Waals surface area contributed by atoms with Gasteiger partial charge in [0.25, 0.3) is 0 Å². The maximum Gasteiger partial charge on any atom is 0.338 e. The summed E-state index contributed by atoms with van der Waals surface area (Å²) in [5, 5.41) is 2.72. The molecule has 0 radical (unpaired) electrons. The van der Waals surface area contributed by atoms with Crippen LogP contribution in [0.4, 0.5) is 5.69 Å². The zero-order valence-corrected chi connectivity index (χ0v) is 14.6. The molecule has 0 unspecified atom stereocenters. The summed E-state index contributed by atoms with van der Waals surface area (Å²) < 4.78 is 10.3. The minimum absolute atomic E-state index is 0.0368. The van der Waals surface area contributed by atoms with E-state index in [0.717, 1.165) is 0 Å². The van der Waals surface area contributed by atoms with Gasteiger partial charge in [0.15, 0.2) is 0 Å². The minimum atomic E-state index is -0.399. The number of morpholine rings is 1. The van der Waals surface area contributed by atoms with Crippen molar-refractivity contribution in [1.29, 1.82) is 0 Å². The van der Waals surface area contributed by atoms with Gasteiger partial charge in [0.2, 0.25) is 11.8 Å². The highest BCUT2D eigenvalue weighted by atomic mass is 16.5. The molecular formula is C18H24N2O5. The number of nitrogens with one attached hydrogen (secondary N) is 1. The first kappa shape index (κ1) is 18.9. The van der Waals surface area contributed by atoms with Crippen molar-refractivity contribution in [2.24, 2.45) is 0 Å². The van der Waals surface area contributed by atoms with E-state index in [0.29, 0.717) is 37.6 Å². The smallest absolute Gasteiger partial charge is 0.338 e. The van der Waals surface area contributed by atoms with Crippen LogP contribution in [-0.4, -0.2) is 55.1 Å². The summed E-state index contributed by atoms with van der Waals surface area (Å²) in [6.45, 7) is 5.81. The predicted molar refractivity (Wildman–Crippen MR) is 92.3 cm³/mol. The van der Waals surface area contributed by atoms with Gasteiger partial charge in [-0.3, -0.25) is 9.59 Å². The van der Waals surface area contributed by atoms with E-state index in [1.54, 1.807) is 43.0 Å². The zero-order valence-electron chi connectivity index (χ0n) is 14.6. The van der Waals surface area contributed by atoms with Gasteiger partial charge < -0.3 is 19.7 Å². The Hall–Kier alpha value is -2.41. The van der Waals surface area contributed by atoms with Crippen molar-refractivity contribution in [3.8, 4) is 0 Å². The Morgan fingerprint density at radius 2 is 1.76 bits per heavy atom. The molecule has 1 aliphatic heterocycles. The Balaban J connectivity index is 1.78. The number of carbonyl (C=O) groups excluding carboxylic acids is 3. The van der Waals surface area contributed by atoms with Gasteiger partial charge in [0.05, 0.1) is 24.9 Å². The lowest BCUT2D eigenvalue weighted by Crippen LogP contribution is -2.40. The standard InChI is InChI=1S/C18H24N2O5/c1-13(2)25-18(23)14-3-5-15(6-4-14)19-16(21)7-8-17(22)20-9-11-24-12-10-20/h3-6,13H,7-12H2,1-2H3,(H,19,21). The number of carbonyl (C=O) groups is 3. The number of nitrogens with zero attached hydrogens (tertiary/aromatic N) is 1. The van der Waals surface area contributed by atoms with E-state index in [-0.39, 0.29) is 30.8 Å². The first-order chi connectivity index (χ1) is 12.0. The third-order valence-corrected chi connectivity index (χ3v) is 3.68. The van der Waals surface area contributed by atoms with E-state index < -0.39 is 5.97 Å². The normalized spacial score (nSPS) is 14.3. The number of anilines is 1. The number of esters is 1. The molecule has 1 saturated heterocycles. The second-order valence-corrected chi connectivity index (χ2v) is 6.07. The lowest BCUT2D eigenvalue weighted by Gasteiger charge is -2.26. The second kappa shape index (κ2) is 9.17. The number of amides is 2. The Morgan fingerprint density at radius 1 is 1.12 bits per heavy atom. The predicted octanol–water partition coefficient (Wildman–Crippen LogP) is 1.83. The maximum atomic E-state index is 12.0. The topological polar surface area (TPSA) is 84.9 Å². The summed E-state index contributed by atoms with van der Waals surface area (Å²) in [7, 11) is 0. The third-order valence-electron chi connectivity index (χ3n) is 3.68. The molecule has 1 fully saturated rings. The van der Waals surface area contributed by atoms with E-state index in [2.05, 4.69) is 5.32 Å². The summed E-state index contributed by atoms with van der Waals surface area (Å²) in [6, 6.07) is 6.47. The minimum Gasteiger partial charge on any atom is -0.459 e. The molecule has 0 atom stereocenters. The molecule has 1 aliphatic rings. The van der Waals surface area contributed by atoms with Crippen molar-refractivity contribution in [3.05, 3.63) is 29.8 Å². The van der Waals surface area contributed by atoms with E-state index in [9.17, 15) is 14.4 Å². The summed E-state index contributed by atoms with van der Waals surface area (Å²) in [4.78, 5) is 37.4. The molecule has 2 amide bonds. The van der Waals surface area contributed by atoms with Crippen LogP contribution in [-0.2, 0) is 19.1 Å². The highest BCUT2D eigenvalue weighted by molar-refractivity contribution is 5.94. The van der Waals surface area contributed by atoms with Crippen LogP contribution in [0.25, 0.3) is 0 Å². The Bertz CT molecular complexity index is 606. The third kappa shape index (κ3) is 6.19. The van der Waals surface area contributed by atoms with Crippen molar-refractivity contribution < 1.29 is 23.9 Å². The van der Waals surface area contributed by atoms with E-state index >= 15 is 0 Å². The highest BCUT2D eigenvalue weighted by Gasteiger charge is 2.17. The summed E-state index contributed by atoms with van der Waals surface area (Å²) in [5.74, 6) is -0.673. The van der Waals surface area contributed by atoms with Gasteiger partial charge in [-0.2, -0.15) is 0 Å². The molecule has 0 aliphatic carbocycles. The van der Waals surface area contributed by atoms with E-state index in [1.807, 2.05) is 0 Å². The van der Waals surface area contributed by atoms with Crippen LogP contribution < -0.4 is 5.32 Å². The van der Waals surface area contributed by atoms with Gasteiger partial charge in [-0.05, 0) is 38.1 Å². The van der Waals surface area contributed by atoms with Gasteiger partial charge in [-0.1, -0.05) is 0 Å². The van der Waals surface area contributed by atoms with Crippen LogP contribution in [0.2, 0.25) is 0 Å². The Labute approximate surface area is 147 Å². The average Bonchev–Trinajstić information content (AvgIpc) is 2.60. The van der Waals surface area contributed by atoms with Crippen molar-refractivity contribution in [3.63, 3.8) is 0 Å². The fourth-order valence-corrected chi connectivity index (χ4v) is 2.39. The zero-order chi connectivity index (χ0) is 18.2. The molecule has 0 aromatic heterocycles. The molecule has 0 spiro atoms. The molecule has 0 bridgehead atoms. The van der Waals surface area contributed by atoms with Crippen LogP contribution in [0.5, 0.6) is 0 Å². The molecule has 0 saturated carbocycles. The summed E-state index contributed by atoms with van der Waals surface area (Å²) in [6.07, 6.45) is 0.105. The maximum absolute atomic E-state index is 12.0. The molecule has 25 heavy (non-hydrogen) atoms. The van der Waals surface area contributed by atoms with Crippen LogP contribution in [0.1, 0.15) is 37.0 Å². The van der Waals surface area contributed by atoms with Crippen LogP contribution >= 0.6 is 0 Å². The number of benzene rings is 1. The lowest BCUT2D eigenvalue weighted by molar-refractivity contribution is -0.136. The molecule has 136 valence electrons. The van der Waals surface area contributed by atoms with Crippen LogP contribution in [0.3, 0.4) is 0 Å². The number of hydrogen-bond donors (Lipinski definition) is 1. The van der Waals surface area contributed by atoms with Crippen molar-refractivity contribution >= 4 is 23.5 Å². The first-order valence-corrected chi connectivity index (χ1v) is 8.42. The lowest BCUT2D eigenvalue weighted by atomic mass is 10.2. The van der Waals surface area contributed by atoms with E-state index in [4.69, 9.17) is 9.47 Å². The van der Waals surface area contributed by atoms with Gasteiger partial charge in [-0.25, -0.2) is 4.79 Å². The number of ether oxygens (including phenoxy) is 2. The molecule has 1 aromatic carbocycles. The molecular weight excluding hydrogens is 324 g/mol. The number of rotatable bonds is 6. The van der Waals surface area contributed by atoms with Crippen molar-refractivity contribution in [2.45, 2.75) is 32.8 Å². The Morgan fingerprint density at radius 3 is 2.36 bits per heavy atom. The summed E-state index contributed by atoms with van der Waals surface area (Å²) >= 11 is 0. The molecule has 7 nitrogen and oxygen atoms in total. The first-order valence-electron chi connectivity index (χ1n) is 8.42. The summed E-state index contributed by atoms with van der Waals surface area (Å²) in [5.41, 5.74) is 0.999. The monoisotopic (exact) mass is 348 g/mol. The largest absolute Gasteiger partial charge is 0.459 e. The van der Waals surface area contributed by atoms with Crippen molar-refractivity contribution in [2.75, 3.05) is 31.6 Å². The Kier molecular flexibility index (Phi) is 6.94. The van der Waals surface area contributed by atoms with E-state index in [1.165, 1.54) is 0 Å². The van der Waals surface area contributed by atoms with Gasteiger partial charge >= 0.3 is 5.97 Å². The molecule has 1 heterocycles. The second-order valence-electron chi connectivity index (χ2n) is 6.07. The SMILES string of the molecule is CC(C)OC(=O)c1ccc(NC(=O)CCC(=O)N2CCOCC2)cc1. The highest BCUT2D eigenvalue weighted by Crippen LogP contribution is 2.12.